The maximum atomic E-state index is 11.0. The summed E-state index contributed by atoms with van der Waals surface area (Å²) in [7, 11) is 0. The Labute approximate surface area is 160 Å². The van der Waals surface area contributed by atoms with E-state index in [4.69, 9.17) is 5.11 Å². The number of carboxylic acid groups (broad SMARTS) is 1. The zero-order chi connectivity index (χ0) is 19.1. The van der Waals surface area contributed by atoms with Gasteiger partial charge in [0.2, 0.25) is 0 Å². The van der Waals surface area contributed by atoms with E-state index >= 15 is 0 Å². The molecule has 2 aromatic rings. The van der Waals surface area contributed by atoms with Crippen molar-refractivity contribution in [2.24, 2.45) is 0 Å². The summed E-state index contributed by atoms with van der Waals surface area (Å²) in [6.45, 7) is 11.6. The van der Waals surface area contributed by atoms with Crippen molar-refractivity contribution in [2.75, 3.05) is 0 Å². The largest absolute Gasteiger partial charge is 0.478 e. The molecule has 1 aromatic heterocycles. The summed E-state index contributed by atoms with van der Waals surface area (Å²) in [6.07, 6.45) is 7.54. The van der Waals surface area contributed by atoms with Crippen LogP contribution in [0.4, 0.5) is 0 Å². The first kappa shape index (κ1) is 18.9. The van der Waals surface area contributed by atoms with Crippen LogP contribution >= 0.6 is 11.3 Å². The van der Waals surface area contributed by atoms with Gasteiger partial charge in [0.1, 0.15) is 0 Å². The van der Waals surface area contributed by atoms with Gasteiger partial charge >= 0.3 is 5.97 Å². The van der Waals surface area contributed by atoms with E-state index in [9.17, 15) is 4.79 Å². The predicted molar refractivity (Wildman–Crippen MR) is 110 cm³/mol. The number of rotatable bonds is 4. The number of carbonyl (C=O) groups is 1. The second-order valence-corrected chi connectivity index (χ2v) is 9.73. The molecule has 3 rings (SSSR count). The maximum absolute atomic E-state index is 11.0. The van der Waals surface area contributed by atoms with E-state index in [1.54, 1.807) is 11.4 Å². The molecular formula is C23H28O2S. The number of benzene rings is 1. The van der Waals surface area contributed by atoms with Gasteiger partial charge in [0, 0.05) is 16.7 Å². The van der Waals surface area contributed by atoms with Crippen LogP contribution in [0.1, 0.15) is 78.0 Å². The van der Waals surface area contributed by atoms with Gasteiger partial charge in [0.15, 0.2) is 0 Å². The third kappa shape index (κ3) is 3.64. The molecule has 0 atom stereocenters. The van der Waals surface area contributed by atoms with Crippen molar-refractivity contribution in [3.05, 3.63) is 62.3 Å². The minimum absolute atomic E-state index is 0.214. The Morgan fingerprint density at radius 1 is 1.12 bits per heavy atom. The summed E-state index contributed by atoms with van der Waals surface area (Å²) in [5.74, 6) is -0.855. The fraction of sp³-hybridized carbons (Fsp3) is 0.435. The van der Waals surface area contributed by atoms with Gasteiger partial charge in [-0.3, -0.25) is 0 Å². The third-order valence-corrected chi connectivity index (χ3v) is 6.72. The van der Waals surface area contributed by atoms with Crippen molar-refractivity contribution in [3.63, 3.8) is 0 Å². The smallest absolute Gasteiger partial charge is 0.336 e. The number of thiophene rings is 1. The summed E-state index contributed by atoms with van der Waals surface area (Å²) >= 11 is 1.51. The molecular weight excluding hydrogens is 340 g/mol. The van der Waals surface area contributed by atoms with E-state index in [2.05, 4.69) is 58.9 Å². The molecule has 1 N–H and O–H groups in total. The number of allylic oxidation sites excluding steroid dienone is 1. The highest BCUT2D eigenvalue weighted by molar-refractivity contribution is 7.10. The average molecular weight is 369 g/mol. The summed E-state index contributed by atoms with van der Waals surface area (Å²) in [5.41, 5.74) is 6.38. The zero-order valence-corrected chi connectivity index (χ0v) is 17.2. The molecule has 0 fully saturated rings. The third-order valence-electron chi connectivity index (χ3n) is 5.76. The van der Waals surface area contributed by atoms with Gasteiger partial charge in [-0.1, -0.05) is 52.0 Å². The van der Waals surface area contributed by atoms with Gasteiger partial charge in [-0.15, -0.1) is 11.3 Å². The number of aromatic carboxylic acids is 1. The number of carboxylic acids is 1. The molecule has 2 nitrogen and oxygen atoms in total. The van der Waals surface area contributed by atoms with Gasteiger partial charge in [-0.25, -0.2) is 4.79 Å². The van der Waals surface area contributed by atoms with Crippen LogP contribution < -0.4 is 0 Å². The number of hydrogen-bond donors (Lipinski definition) is 1. The number of hydrogen-bond acceptors (Lipinski definition) is 2. The molecule has 0 radical (unpaired) electrons. The molecule has 0 amide bonds. The predicted octanol–water partition coefficient (Wildman–Crippen LogP) is 6.36. The summed E-state index contributed by atoms with van der Waals surface area (Å²) < 4.78 is 0. The summed E-state index contributed by atoms with van der Waals surface area (Å²) in [5, 5.41) is 10.7. The van der Waals surface area contributed by atoms with E-state index in [1.807, 2.05) is 0 Å². The Hall–Kier alpha value is -1.87. The van der Waals surface area contributed by atoms with E-state index in [1.165, 1.54) is 46.4 Å². The first-order valence-corrected chi connectivity index (χ1v) is 10.1. The number of aryl methyl sites for hydroxylation is 1. The van der Waals surface area contributed by atoms with Crippen LogP contribution in [0.2, 0.25) is 0 Å². The maximum Gasteiger partial charge on any atom is 0.336 e. The van der Waals surface area contributed by atoms with Gasteiger partial charge in [-0.05, 0) is 58.9 Å². The lowest BCUT2D eigenvalue weighted by molar-refractivity contribution is 0.0697. The first-order valence-electron chi connectivity index (χ1n) is 9.23. The molecule has 0 aliphatic heterocycles. The zero-order valence-electron chi connectivity index (χ0n) is 16.3. The van der Waals surface area contributed by atoms with Crippen LogP contribution in [0, 0.1) is 6.92 Å². The minimum atomic E-state index is -0.855. The molecule has 1 aliphatic carbocycles. The second-order valence-electron chi connectivity index (χ2n) is 8.74. The molecule has 0 spiro atoms. The molecule has 0 bridgehead atoms. The van der Waals surface area contributed by atoms with Crippen LogP contribution in [-0.4, -0.2) is 11.1 Å². The van der Waals surface area contributed by atoms with E-state index in [0.717, 1.165) is 11.3 Å². The van der Waals surface area contributed by atoms with Crippen molar-refractivity contribution < 1.29 is 9.90 Å². The average Bonchev–Trinajstić information content (AvgIpc) is 3.02. The molecule has 1 heterocycles. The Morgan fingerprint density at radius 3 is 2.31 bits per heavy atom. The van der Waals surface area contributed by atoms with Gasteiger partial charge in [0.25, 0.3) is 0 Å². The molecule has 26 heavy (non-hydrogen) atoms. The Bertz CT molecular complexity index is 868. The lowest BCUT2D eigenvalue weighted by Crippen LogP contribution is -2.34. The van der Waals surface area contributed by atoms with Crippen molar-refractivity contribution in [1.82, 2.24) is 0 Å². The Balaban J connectivity index is 1.87. The van der Waals surface area contributed by atoms with Crippen molar-refractivity contribution >= 4 is 23.4 Å². The molecule has 0 saturated heterocycles. The van der Waals surface area contributed by atoms with E-state index in [0.29, 0.717) is 5.56 Å². The SMILES string of the molecule is Cc1cc2c(cc1/C=C/Cc1cc(C(=O)O)cs1)C(C)(C)CCC2(C)C. The fourth-order valence-corrected chi connectivity index (χ4v) is 4.65. The second kappa shape index (κ2) is 6.70. The van der Waals surface area contributed by atoms with Crippen LogP contribution in [0.25, 0.3) is 6.08 Å². The highest BCUT2D eigenvalue weighted by Crippen LogP contribution is 2.46. The van der Waals surface area contributed by atoms with Crippen LogP contribution in [0.15, 0.2) is 29.7 Å². The standard InChI is InChI=1S/C23H28O2S/c1-15-11-19-20(23(4,5)10-9-22(19,2)3)13-16(15)7-6-8-18-12-17(14-26-18)21(24)25/h6-7,11-14H,8-10H2,1-5H3,(H,24,25)/b7-6+. The lowest BCUT2D eigenvalue weighted by atomic mass is 9.62. The normalized spacial score (nSPS) is 18.0. The monoisotopic (exact) mass is 368 g/mol. The highest BCUT2D eigenvalue weighted by atomic mass is 32.1. The molecule has 1 aromatic carbocycles. The molecule has 138 valence electrons. The van der Waals surface area contributed by atoms with Crippen molar-refractivity contribution in [2.45, 2.75) is 64.7 Å². The topological polar surface area (TPSA) is 37.3 Å². The number of fused-ring (bicyclic) bond motifs is 1. The van der Waals surface area contributed by atoms with Gasteiger partial charge in [-0.2, -0.15) is 0 Å². The van der Waals surface area contributed by atoms with Gasteiger partial charge < -0.3 is 5.11 Å². The Morgan fingerprint density at radius 2 is 1.73 bits per heavy atom. The fourth-order valence-electron chi connectivity index (χ4n) is 3.82. The Kier molecular flexibility index (Phi) is 4.87. The highest BCUT2D eigenvalue weighted by Gasteiger charge is 2.37. The summed E-state index contributed by atoms with van der Waals surface area (Å²) in [4.78, 5) is 12.1. The summed E-state index contributed by atoms with van der Waals surface area (Å²) in [6, 6.07) is 6.52. The van der Waals surface area contributed by atoms with Crippen molar-refractivity contribution in [1.29, 1.82) is 0 Å². The van der Waals surface area contributed by atoms with E-state index in [-0.39, 0.29) is 10.8 Å². The molecule has 3 heteroatoms. The quantitative estimate of drug-likeness (QED) is 0.682. The molecule has 0 saturated carbocycles. The minimum Gasteiger partial charge on any atom is -0.478 e. The van der Waals surface area contributed by atoms with E-state index < -0.39 is 5.97 Å². The molecule has 1 aliphatic rings. The van der Waals surface area contributed by atoms with Crippen molar-refractivity contribution in [3.8, 4) is 0 Å². The lowest BCUT2D eigenvalue weighted by Gasteiger charge is -2.42. The van der Waals surface area contributed by atoms with Crippen LogP contribution in [0.5, 0.6) is 0 Å². The molecule has 0 unspecified atom stereocenters. The first-order chi connectivity index (χ1) is 12.1. The van der Waals surface area contributed by atoms with Crippen LogP contribution in [-0.2, 0) is 17.3 Å². The van der Waals surface area contributed by atoms with Crippen LogP contribution in [0.3, 0.4) is 0 Å². The van der Waals surface area contributed by atoms with Gasteiger partial charge in [0.05, 0.1) is 5.56 Å².